The smallest absolute Gasteiger partial charge is 0.191 e. The van der Waals surface area contributed by atoms with E-state index in [2.05, 4.69) is 54.6 Å². The number of aliphatic imine (C=N–C) groups is 1. The summed E-state index contributed by atoms with van der Waals surface area (Å²) < 4.78 is 10.9. The summed E-state index contributed by atoms with van der Waals surface area (Å²) in [5.41, 5.74) is 2.30. The van der Waals surface area contributed by atoms with E-state index in [1.165, 1.54) is 18.4 Å². The van der Waals surface area contributed by atoms with Gasteiger partial charge >= 0.3 is 0 Å². The molecule has 0 aliphatic rings. The molecule has 0 unspecified atom stereocenters. The molecule has 0 saturated carbocycles. The number of nitrogens with zero attached hydrogens (tertiary/aromatic N) is 1. The highest BCUT2D eigenvalue weighted by Gasteiger charge is 2.08. The summed E-state index contributed by atoms with van der Waals surface area (Å²) in [6.07, 6.45) is 2.35. The van der Waals surface area contributed by atoms with E-state index in [-0.39, 0.29) is 0 Å². The van der Waals surface area contributed by atoms with Gasteiger partial charge in [-0.25, -0.2) is 0 Å². The molecular formula is C19H33N3O2. The minimum atomic E-state index is 0.550. The summed E-state index contributed by atoms with van der Waals surface area (Å²) in [7, 11) is 3.48. The summed E-state index contributed by atoms with van der Waals surface area (Å²) in [6, 6.07) is 6.26. The molecule has 1 aromatic rings. The number of methoxy groups -OCH3 is 1. The van der Waals surface area contributed by atoms with E-state index >= 15 is 0 Å². The Morgan fingerprint density at radius 2 is 1.92 bits per heavy atom. The van der Waals surface area contributed by atoms with Crippen LogP contribution < -0.4 is 15.4 Å². The fourth-order valence-electron chi connectivity index (χ4n) is 2.40. The van der Waals surface area contributed by atoms with Crippen molar-refractivity contribution in [2.45, 2.75) is 40.2 Å². The Kier molecular flexibility index (Phi) is 9.92. The molecule has 0 heterocycles. The van der Waals surface area contributed by atoms with Crippen LogP contribution in [0.5, 0.6) is 5.75 Å². The van der Waals surface area contributed by atoms with Gasteiger partial charge in [-0.1, -0.05) is 38.8 Å². The lowest BCUT2D eigenvalue weighted by atomic mass is 10.0. The number of ether oxygens (including phenoxy) is 2. The van der Waals surface area contributed by atoms with Gasteiger partial charge in [0.15, 0.2) is 5.96 Å². The number of rotatable bonds is 10. The maximum atomic E-state index is 5.83. The minimum absolute atomic E-state index is 0.550. The van der Waals surface area contributed by atoms with Crippen molar-refractivity contribution in [3.05, 3.63) is 29.3 Å². The topological polar surface area (TPSA) is 54.9 Å². The van der Waals surface area contributed by atoms with Crippen molar-refractivity contribution in [3.8, 4) is 5.75 Å². The maximum Gasteiger partial charge on any atom is 0.191 e. The normalized spacial score (nSPS) is 11.7. The molecule has 2 N–H and O–H groups in total. The summed E-state index contributed by atoms with van der Waals surface area (Å²) in [4.78, 5) is 4.30. The van der Waals surface area contributed by atoms with Gasteiger partial charge in [0.25, 0.3) is 0 Å². The Balaban J connectivity index is 2.60. The first-order chi connectivity index (χ1) is 11.6. The molecule has 136 valence electrons. The Bertz CT molecular complexity index is 499. The molecule has 5 nitrogen and oxygen atoms in total. The quantitative estimate of drug-likeness (QED) is 0.392. The number of benzene rings is 1. The van der Waals surface area contributed by atoms with Crippen LogP contribution in [0.4, 0.5) is 0 Å². The molecule has 0 bridgehead atoms. The molecule has 0 aromatic heterocycles. The van der Waals surface area contributed by atoms with Crippen LogP contribution in [0.25, 0.3) is 0 Å². The molecule has 0 aliphatic carbocycles. The second-order valence-electron chi connectivity index (χ2n) is 5.94. The number of nitrogens with one attached hydrogen (secondary N) is 2. The maximum absolute atomic E-state index is 5.83. The third kappa shape index (κ3) is 7.21. The van der Waals surface area contributed by atoms with Gasteiger partial charge in [-0.05, 0) is 24.5 Å². The molecule has 24 heavy (non-hydrogen) atoms. The first kappa shape index (κ1) is 20.3. The monoisotopic (exact) mass is 335 g/mol. The van der Waals surface area contributed by atoms with Gasteiger partial charge in [0.1, 0.15) is 12.4 Å². The van der Waals surface area contributed by atoms with Crippen LogP contribution in [0, 0.1) is 12.8 Å². The highest BCUT2D eigenvalue weighted by Crippen LogP contribution is 2.20. The van der Waals surface area contributed by atoms with Gasteiger partial charge in [0, 0.05) is 32.8 Å². The van der Waals surface area contributed by atoms with Crippen LogP contribution in [-0.2, 0) is 11.3 Å². The van der Waals surface area contributed by atoms with Crippen LogP contribution in [0.2, 0.25) is 0 Å². The number of guanidine groups is 1. The SMILES string of the molecule is CCC(CC)CNC(=NC)NCc1ccc(C)cc1OCCOC. The van der Waals surface area contributed by atoms with Crippen molar-refractivity contribution >= 4 is 5.96 Å². The standard InChI is InChI=1S/C19H33N3O2/c1-6-16(7-2)13-21-19(20-4)22-14-17-9-8-15(3)12-18(17)24-11-10-23-5/h8-9,12,16H,6-7,10-11,13-14H2,1-5H3,(H2,20,21,22). The first-order valence-electron chi connectivity index (χ1n) is 8.80. The lowest BCUT2D eigenvalue weighted by Crippen LogP contribution is -2.39. The Morgan fingerprint density at radius 1 is 1.17 bits per heavy atom. The molecule has 1 aromatic carbocycles. The fourth-order valence-corrected chi connectivity index (χ4v) is 2.40. The van der Waals surface area contributed by atoms with Crippen molar-refractivity contribution in [2.75, 3.05) is 33.9 Å². The van der Waals surface area contributed by atoms with E-state index < -0.39 is 0 Å². The molecule has 0 aliphatic heterocycles. The van der Waals surface area contributed by atoms with Crippen molar-refractivity contribution < 1.29 is 9.47 Å². The summed E-state index contributed by atoms with van der Waals surface area (Å²) >= 11 is 0. The van der Waals surface area contributed by atoms with Crippen LogP contribution in [0.15, 0.2) is 23.2 Å². The van der Waals surface area contributed by atoms with Crippen molar-refractivity contribution in [1.82, 2.24) is 10.6 Å². The summed E-state index contributed by atoms with van der Waals surface area (Å²) in [5, 5.41) is 6.77. The Morgan fingerprint density at radius 3 is 2.54 bits per heavy atom. The fraction of sp³-hybridized carbons (Fsp3) is 0.632. The van der Waals surface area contributed by atoms with Crippen LogP contribution >= 0.6 is 0 Å². The third-order valence-electron chi connectivity index (χ3n) is 4.15. The second-order valence-corrected chi connectivity index (χ2v) is 5.94. The zero-order chi connectivity index (χ0) is 17.8. The van der Waals surface area contributed by atoms with Crippen molar-refractivity contribution in [3.63, 3.8) is 0 Å². The average Bonchev–Trinajstić information content (AvgIpc) is 2.60. The first-order valence-corrected chi connectivity index (χ1v) is 8.80. The van der Waals surface area contributed by atoms with Gasteiger partial charge in [-0.2, -0.15) is 0 Å². The zero-order valence-electron chi connectivity index (χ0n) is 15.8. The molecule has 0 spiro atoms. The molecule has 0 atom stereocenters. The van der Waals surface area contributed by atoms with Crippen LogP contribution in [0.1, 0.15) is 37.8 Å². The Labute approximate surface area is 146 Å². The molecule has 5 heteroatoms. The lowest BCUT2D eigenvalue weighted by molar-refractivity contribution is 0.145. The molecule has 0 fully saturated rings. The van der Waals surface area contributed by atoms with Crippen molar-refractivity contribution in [1.29, 1.82) is 0 Å². The van der Waals surface area contributed by atoms with E-state index in [1.54, 1.807) is 14.2 Å². The largest absolute Gasteiger partial charge is 0.491 e. The highest BCUT2D eigenvalue weighted by molar-refractivity contribution is 5.79. The van der Waals surface area contributed by atoms with Gasteiger partial charge in [0.05, 0.1) is 6.61 Å². The van der Waals surface area contributed by atoms with E-state index in [0.29, 0.717) is 25.7 Å². The number of hydrogen-bond acceptors (Lipinski definition) is 3. The van der Waals surface area contributed by atoms with Gasteiger partial charge in [-0.15, -0.1) is 0 Å². The van der Waals surface area contributed by atoms with Gasteiger partial charge < -0.3 is 20.1 Å². The van der Waals surface area contributed by atoms with Crippen LogP contribution in [-0.4, -0.2) is 39.9 Å². The minimum Gasteiger partial charge on any atom is -0.491 e. The zero-order valence-corrected chi connectivity index (χ0v) is 15.8. The van der Waals surface area contributed by atoms with Gasteiger partial charge in [-0.3, -0.25) is 4.99 Å². The van der Waals surface area contributed by atoms with Crippen LogP contribution in [0.3, 0.4) is 0 Å². The lowest BCUT2D eigenvalue weighted by Gasteiger charge is -2.18. The molecule has 0 amide bonds. The van der Waals surface area contributed by atoms with E-state index in [1.807, 2.05) is 0 Å². The third-order valence-corrected chi connectivity index (χ3v) is 4.15. The molecule has 0 radical (unpaired) electrons. The average molecular weight is 335 g/mol. The number of hydrogen-bond donors (Lipinski definition) is 2. The summed E-state index contributed by atoms with van der Waals surface area (Å²) in [5.74, 6) is 2.40. The van der Waals surface area contributed by atoms with E-state index in [9.17, 15) is 0 Å². The Hall–Kier alpha value is -1.75. The van der Waals surface area contributed by atoms with Crippen molar-refractivity contribution in [2.24, 2.45) is 10.9 Å². The van der Waals surface area contributed by atoms with E-state index in [4.69, 9.17) is 9.47 Å². The second kappa shape index (κ2) is 11.7. The number of aryl methyl sites for hydroxylation is 1. The predicted molar refractivity (Wildman–Crippen MR) is 101 cm³/mol. The molecule has 0 saturated heterocycles. The van der Waals surface area contributed by atoms with Gasteiger partial charge in [0.2, 0.25) is 0 Å². The molecule has 1 rings (SSSR count). The highest BCUT2D eigenvalue weighted by atomic mass is 16.5. The molecular weight excluding hydrogens is 302 g/mol. The van der Waals surface area contributed by atoms with E-state index in [0.717, 1.165) is 23.8 Å². The summed E-state index contributed by atoms with van der Waals surface area (Å²) in [6.45, 7) is 9.26. The predicted octanol–water partition coefficient (Wildman–Crippen LogP) is 3.12.